The Morgan fingerprint density at radius 2 is 2.30 bits per heavy atom. The van der Waals surface area contributed by atoms with Gasteiger partial charge in [0.1, 0.15) is 5.82 Å². The van der Waals surface area contributed by atoms with Gasteiger partial charge in [-0.15, -0.1) is 0 Å². The lowest BCUT2D eigenvalue weighted by Crippen LogP contribution is -2.23. The van der Waals surface area contributed by atoms with Crippen molar-refractivity contribution in [3.05, 3.63) is 47.3 Å². The summed E-state index contributed by atoms with van der Waals surface area (Å²) in [5.41, 5.74) is 0.815. The first kappa shape index (κ1) is 14.7. The van der Waals surface area contributed by atoms with Gasteiger partial charge in [0.25, 0.3) is 0 Å². The fourth-order valence-electron chi connectivity index (χ4n) is 2.41. The lowest BCUT2D eigenvalue weighted by atomic mass is 9.94. The van der Waals surface area contributed by atoms with Crippen molar-refractivity contribution in [2.75, 3.05) is 13.7 Å². The minimum absolute atomic E-state index is 0.0198. The molecule has 0 amide bonds. The lowest BCUT2D eigenvalue weighted by molar-refractivity contribution is 0.0595. The van der Waals surface area contributed by atoms with Crippen LogP contribution in [0.15, 0.2) is 30.4 Å². The molecule has 1 unspecified atom stereocenters. The van der Waals surface area contributed by atoms with Crippen LogP contribution >= 0.6 is 0 Å². The second-order valence-corrected chi connectivity index (χ2v) is 5.09. The Hall–Kier alpha value is -1.68. The average Bonchev–Trinajstić information content (AvgIpc) is 2.48. The summed E-state index contributed by atoms with van der Waals surface area (Å²) in [5.74, 6) is -0.507. The van der Waals surface area contributed by atoms with E-state index in [0.717, 1.165) is 24.9 Å². The molecule has 1 aliphatic rings. The van der Waals surface area contributed by atoms with E-state index in [4.69, 9.17) is 0 Å². The Labute approximate surface area is 118 Å². The lowest BCUT2D eigenvalue weighted by Gasteiger charge is -2.18. The summed E-state index contributed by atoms with van der Waals surface area (Å²) < 4.78 is 18.2. The van der Waals surface area contributed by atoms with E-state index in [1.54, 1.807) is 6.07 Å². The SMILES string of the molecule is COC(=O)c1ccc(CNCC2CC=CCC2)cc1F. The molecular weight excluding hydrogens is 257 g/mol. The molecule has 0 fully saturated rings. The van der Waals surface area contributed by atoms with Crippen molar-refractivity contribution >= 4 is 5.97 Å². The molecule has 108 valence electrons. The van der Waals surface area contributed by atoms with Gasteiger partial charge in [0, 0.05) is 6.54 Å². The number of esters is 1. The van der Waals surface area contributed by atoms with Crippen molar-refractivity contribution < 1.29 is 13.9 Å². The van der Waals surface area contributed by atoms with Gasteiger partial charge in [0.15, 0.2) is 0 Å². The summed E-state index contributed by atoms with van der Waals surface area (Å²) in [7, 11) is 1.25. The molecule has 0 heterocycles. The zero-order valence-electron chi connectivity index (χ0n) is 11.7. The molecule has 1 aromatic carbocycles. The molecular formula is C16H20FNO2. The summed E-state index contributed by atoms with van der Waals surface area (Å²) in [6.07, 6.45) is 7.91. The van der Waals surface area contributed by atoms with E-state index < -0.39 is 11.8 Å². The van der Waals surface area contributed by atoms with Crippen molar-refractivity contribution in [3.8, 4) is 0 Å². The highest BCUT2D eigenvalue weighted by Gasteiger charge is 2.13. The zero-order chi connectivity index (χ0) is 14.4. The normalized spacial score (nSPS) is 18.0. The van der Waals surface area contributed by atoms with Gasteiger partial charge in [-0.2, -0.15) is 0 Å². The molecule has 0 aliphatic heterocycles. The summed E-state index contributed by atoms with van der Waals surface area (Å²) in [5, 5.41) is 3.34. The van der Waals surface area contributed by atoms with Crippen LogP contribution in [0.4, 0.5) is 4.39 Å². The molecule has 0 saturated carbocycles. The maximum Gasteiger partial charge on any atom is 0.340 e. The van der Waals surface area contributed by atoms with Gasteiger partial charge >= 0.3 is 5.97 Å². The average molecular weight is 277 g/mol. The standard InChI is InChI=1S/C16H20FNO2/c1-20-16(19)14-8-7-13(9-15(14)17)11-18-10-12-5-3-2-4-6-12/h2-3,7-9,12,18H,4-6,10-11H2,1H3. The zero-order valence-corrected chi connectivity index (χ0v) is 11.7. The maximum absolute atomic E-state index is 13.7. The number of carbonyl (C=O) groups excluding carboxylic acids is 1. The smallest absolute Gasteiger partial charge is 0.340 e. The minimum atomic E-state index is -0.643. The molecule has 2 rings (SSSR count). The van der Waals surface area contributed by atoms with Crippen molar-refractivity contribution in [3.63, 3.8) is 0 Å². The second-order valence-electron chi connectivity index (χ2n) is 5.09. The molecule has 0 aromatic heterocycles. The number of methoxy groups -OCH3 is 1. The third-order valence-corrected chi connectivity index (χ3v) is 3.58. The molecule has 1 N–H and O–H groups in total. The van der Waals surface area contributed by atoms with Crippen LogP contribution < -0.4 is 5.32 Å². The number of hydrogen-bond acceptors (Lipinski definition) is 3. The van der Waals surface area contributed by atoms with Crippen molar-refractivity contribution in [2.24, 2.45) is 5.92 Å². The van der Waals surface area contributed by atoms with Gasteiger partial charge < -0.3 is 10.1 Å². The van der Waals surface area contributed by atoms with Crippen LogP contribution in [-0.4, -0.2) is 19.6 Å². The summed E-state index contributed by atoms with van der Waals surface area (Å²) in [6.45, 7) is 1.54. The van der Waals surface area contributed by atoms with E-state index >= 15 is 0 Å². The van der Waals surface area contributed by atoms with Crippen LogP contribution in [0.25, 0.3) is 0 Å². The number of halogens is 1. The fraction of sp³-hybridized carbons (Fsp3) is 0.438. The monoisotopic (exact) mass is 277 g/mol. The Balaban J connectivity index is 1.85. The van der Waals surface area contributed by atoms with E-state index in [1.807, 2.05) is 0 Å². The topological polar surface area (TPSA) is 38.3 Å². The molecule has 0 bridgehead atoms. The van der Waals surface area contributed by atoms with Crippen LogP contribution in [0, 0.1) is 11.7 Å². The largest absolute Gasteiger partial charge is 0.465 e. The first-order chi connectivity index (χ1) is 9.70. The van der Waals surface area contributed by atoms with E-state index in [2.05, 4.69) is 22.2 Å². The molecule has 1 aliphatic carbocycles. The Morgan fingerprint density at radius 1 is 1.45 bits per heavy atom. The second kappa shape index (κ2) is 7.20. The number of carbonyl (C=O) groups is 1. The molecule has 1 aromatic rings. The molecule has 1 atom stereocenters. The van der Waals surface area contributed by atoms with E-state index in [-0.39, 0.29) is 5.56 Å². The van der Waals surface area contributed by atoms with Crippen molar-refractivity contribution in [2.45, 2.75) is 25.8 Å². The van der Waals surface area contributed by atoms with E-state index in [1.165, 1.54) is 25.7 Å². The van der Waals surface area contributed by atoms with E-state index in [9.17, 15) is 9.18 Å². The Bertz CT molecular complexity index is 499. The van der Waals surface area contributed by atoms with Crippen LogP contribution in [0.2, 0.25) is 0 Å². The molecule has 0 saturated heterocycles. The first-order valence-corrected chi connectivity index (χ1v) is 6.93. The summed E-state index contributed by atoms with van der Waals surface area (Å²) >= 11 is 0. The highest BCUT2D eigenvalue weighted by Crippen LogP contribution is 2.17. The van der Waals surface area contributed by atoms with Gasteiger partial charge in [-0.3, -0.25) is 0 Å². The molecule has 20 heavy (non-hydrogen) atoms. The third-order valence-electron chi connectivity index (χ3n) is 3.58. The fourth-order valence-corrected chi connectivity index (χ4v) is 2.41. The number of nitrogens with one attached hydrogen (secondary N) is 1. The van der Waals surface area contributed by atoms with Crippen molar-refractivity contribution in [1.82, 2.24) is 5.32 Å². The maximum atomic E-state index is 13.7. The molecule has 0 spiro atoms. The first-order valence-electron chi connectivity index (χ1n) is 6.93. The van der Waals surface area contributed by atoms with Crippen LogP contribution in [0.5, 0.6) is 0 Å². The van der Waals surface area contributed by atoms with Crippen LogP contribution in [0.1, 0.15) is 35.2 Å². The Kier molecular flexibility index (Phi) is 5.30. The predicted octanol–water partition coefficient (Wildman–Crippen LogP) is 3.06. The minimum Gasteiger partial charge on any atom is -0.465 e. The summed E-state index contributed by atoms with van der Waals surface area (Å²) in [4.78, 5) is 11.3. The molecule has 0 radical (unpaired) electrons. The van der Waals surface area contributed by atoms with Gasteiger partial charge in [-0.25, -0.2) is 9.18 Å². The molecule has 3 nitrogen and oxygen atoms in total. The number of hydrogen-bond donors (Lipinski definition) is 1. The third kappa shape index (κ3) is 3.90. The highest BCUT2D eigenvalue weighted by molar-refractivity contribution is 5.89. The number of rotatable bonds is 5. The van der Waals surface area contributed by atoms with Gasteiger partial charge in [0.2, 0.25) is 0 Å². The van der Waals surface area contributed by atoms with Gasteiger partial charge in [-0.1, -0.05) is 18.2 Å². The molecule has 4 heteroatoms. The van der Waals surface area contributed by atoms with Crippen LogP contribution in [0.3, 0.4) is 0 Å². The highest BCUT2D eigenvalue weighted by atomic mass is 19.1. The summed E-state index contributed by atoms with van der Waals surface area (Å²) in [6, 6.07) is 4.62. The quantitative estimate of drug-likeness (QED) is 0.664. The number of allylic oxidation sites excluding steroid dienone is 2. The number of benzene rings is 1. The van der Waals surface area contributed by atoms with Gasteiger partial charge in [0.05, 0.1) is 12.7 Å². The predicted molar refractivity (Wildman–Crippen MR) is 75.9 cm³/mol. The van der Waals surface area contributed by atoms with Crippen molar-refractivity contribution in [1.29, 1.82) is 0 Å². The Morgan fingerprint density at radius 3 is 2.95 bits per heavy atom. The van der Waals surface area contributed by atoms with Gasteiger partial charge in [-0.05, 0) is 49.4 Å². The van der Waals surface area contributed by atoms with Crippen LogP contribution in [-0.2, 0) is 11.3 Å². The number of ether oxygens (including phenoxy) is 1. The van der Waals surface area contributed by atoms with E-state index in [0.29, 0.717) is 12.5 Å².